The van der Waals surface area contributed by atoms with Crippen molar-refractivity contribution in [1.29, 1.82) is 0 Å². The molecule has 0 saturated heterocycles. The monoisotopic (exact) mass is 380 g/mol. The molecule has 0 spiro atoms. The van der Waals surface area contributed by atoms with E-state index in [1.807, 2.05) is 30.3 Å². The number of benzene rings is 2. The van der Waals surface area contributed by atoms with E-state index in [1.165, 1.54) is 4.31 Å². The summed E-state index contributed by atoms with van der Waals surface area (Å²) >= 11 is 0. The zero-order chi connectivity index (χ0) is 18.9. The molecule has 3 aromatic rings. The maximum absolute atomic E-state index is 13.4. The zero-order valence-corrected chi connectivity index (χ0v) is 15.5. The third kappa shape index (κ3) is 3.39. The minimum atomic E-state index is -3.73. The smallest absolute Gasteiger partial charge is 0.244 e. The highest BCUT2D eigenvalue weighted by molar-refractivity contribution is 7.89. The molecular weight excluding hydrogens is 360 g/mol. The number of pyridine rings is 1. The molecule has 6 heteroatoms. The van der Waals surface area contributed by atoms with Gasteiger partial charge in [-0.3, -0.25) is 4.98 Å². The van der Waals surface area contributed by atoms with Gasteiger partial charge in [-0.15, -0.1) is 0 Å². The largest absolute Gasteiger partial charge is 0.387 e. The average molecular weight is 380 g/mol. The highest BCUT2D eigenvalue weighted by atomic mass is 32.2. The van der Waals surface area contributed by atoms with Crippen molar-refractivity contribution in [3.63, 3.8) is 0 Å². The average Bonchev–Trinajstić information content (AvgIpc) is 2.71. The number of aliphatic hydroxyl groups excluding tert-OH is 1. The van der Waals surface area contributed by atoms with Crippen LogP contribution < -0.4 is 0 Å². The Kier molecular flexibility index (Phi) is 4.78. The van der Waals surface area contributed by atoms with E-state index in [9.17, 15) is 13.5 Å². The number of hydrogen-bond donors (Lipinski definition) is 1. The maximum atomic E-state index is 13.4. The molecule has 138 valence electrons. The molecule has 0 radical (unpaired) electrons. The first-order valence-corrected chi connectivity index (χ1v) is 10.2. The van der Waals surface area contributed by atoms with Crippen molar-refractivity contribution in [2.24, 2.45) is 0 Å². The summed E-state index contributed by atoms with van der Waals surface area (Å²) < 4.78 is 28.1. The lowest BCUT2D eigenvalue weighted by molar-refractivity contribution is 0.0769. The first-order valence-electron chi connectivity index (χ1n) is 8.79. The summed E-state index contributed by atoms with van der Waals surface area (Å²) in [4.78, 5) is 4.17. The minimum Gasteiger partial charge on any atom is -0.387 e. The van der Waals surface area contributed by atoms with E-state index < -0.39 is 22.2 Å². The molecule has 1 aliphatic heterocycles. The van der Waals surface area contributed by atoms with Crippen molar-refractivity contribution in [2.45, 2.75) is 30.0 Å². The van der Waals surface area contributed by atoms with Gasteiger partial charge in [-0.05, 0) is 35.7 Å². The molecule has 0 unspecified atom stereocenters. The quantitative estimate of drug-likeness (QED) is 0.756. The molecule has 0 saturated carbocycles. The van der Waals surface area contributed by atoms with Crippen LogP contribution in [0.25, 0.3) is 0 Å². The van der Waals surface area contributed by atoms with E-state index >= 15 is 0 Å². The molecule has 2 aromatic carbocycles. The molecule has 4 rings (SSSR count). The molecule has 0 fully saturated rings. The first kappa shape index (κ1) is 17.9. The number of nitrogens with zero attached hydrogens (tertiary/aromatic N) is 2. The van der Waals surface area contributed by atoms with Crippen molar-refractivity contribution >= 4 is 10.0 Å². The SMILES string of the molecule is O=S1(=O)c2ccccc2[C@@H](O)[C@H](Cc2ccccc2)N1Cc1ccncc1. The molecule has 1 N–H and O–H groups in total. The van der Waals surface area contributed by atoms with Crippen molar-refractivity contribution in [3.8, 4) is 0 Å². The van der Waals surface area contributed by atoms with Gasteiger partial charge in [0.05, 0.1) is 17.0 Å². The second kappa shape index (κ2) is 7.23. The van der Waals surface area contributed by atoms with Crippen molar-refractivity contribution in [1.82, 2.24) is 9.29 Å². The lowest BCUT2D eigenvalue weighted by Gasteiger charge is -2.39. The second-order valence-electron chi connectivity index (χ2n) is 6.65. The highest BCUT2D eigenvalue weighted by Crippen LogP contribution is 2.38. The predicted molar refractivity (Wildman–Crippen MR) is 102 cm³/mol. The van der Waals surface area contributed by atoms with E-state index in [1.54, 1.807) is 48.8 Å². The highest BCUT2D eigenvalue weighted by Gasteiger charge is 2.43. The van der Waals surface area contributed by atoms with Crippen LogP contribution in [0.1, 0.15) is 22.8 Å². The number of hydrogen-bond acceptors (Lipinski definition) is 4. The Balaban J connectivity index is 1.80. The Hall–Kier alpha value is -2.54. The van der Waals surface area contributed by atoms with Gasteiger partial charge >= 0.3 is 0 Å². The molecule has 2 atom stereocenters. The van der Waals surface area contributed by atoms with Gasteiger partial charge in [-0.25, -0.2) is 8.42 Å². The zero-order valence-electron chi connectivity index (χ0n) is 14.6. The lowest BCUT2D eigenvalue weighted by atomic mass is 9.95. The summed E-state index contributed by atoms with van der Waals surface area (Å²) in [6.07, 6.45) is 2.82. The van der Waals surface area contributed by atoms with Crippen LogP contribution >= 0.6 is 0 Å². The maximum Gasteiger partial charge on any atom is 0.244 e. The molecule has 27 heavy (non-hydrogen) atoms. The number of aromatic nitrogens is 1. The van der Waals surface area contributed by atoms with Gasteiger partial charge < -0.3 is 5.11 Å². The van der Waals surface area contributed by atoms with Crippen LogP contribution in [0.15, 0.2) is 84.0 Å². The summed E-state index contributed by atoms with van der Waals surface area (Å²) in [6.45, 7) is 0.188. The Morgan fingerprint density at radius 3 is 2.30 bits per heavy atom. The molecule has 1 aromatic heterocycles. The predicted octanol–water partition coefficient (Wildman–Crippen LogP) is 2.93. The van der Waals surface area contributed by atoms with Crippen molar-refractivity contribution < 1.29 is 13.5 Å². The number of rotatable bonds is 4. The molecule has 2 heterocycles. The lowest BCUT2D eigenvalue weighted by Crippen LogP contribution is -2.48. The van der Waals surface area contributed by atoms with Crippen molar-refractivity contribution in [3.05, 3.63) is 95.8 Å². The number of sulfonamides is 1. The van der Waals surface area contributed by atoms with E-state index in [2.05, 4.69) is 4.98 Å². The summed E-state index contributed by atoms with van der Waals surface area (Å²) in [5, 5.41) is 11.0. The second-order valence-corrected chi connectivity index (χ2v) is 8.50. The molecule has 0 aliphatic carbocycles. The summed E-state index contributed by atoms with van der Waals surface area (Å²) in [5.41, 5.74) is 2.28. The van der Waals surface area contributed by atoms with Crippen LogP contribution in [-0.2, 0) is 23.0 Å². The molecule has 0 bridgehead atoms. The Labute approximate surface area is 159 Å². The van der Waals surface area contributed by atoms with Gasteiger partial charge in [0.2, 0.25) is 10.0 Å². The Morgan fingerprint density at radius 1 is 0.889 bits per heavy atom. The van der Waals surface area contributed by atoms with Crippen LogP contribution in [0, 0.1) is 0 Å². The van der Waals surface area contributed by atoms with Crippen LogP contribution in [0.5, 0.6) is 0 Å². The normalized spacial score (nSPS) is 21.5. The van der Waals surface area contributed by atoms with Gasteiger partial charge in [0.15, 0.2) is 0 Å². The fraction of sp³-hybridized carbons (Fsp3) is 0.190. The van der Waals surface area contributed by atoms with Gasteiger partial charge in [0.1, 0.15) is 0 Å². The number of aliphatic hydroxyl groups is 1. The standard InChI is InChI=1S/C21H20N2O3S/c24-21-18-8-4-5-9-20(18)27(25,26)23(15-17-10-12-22-13-11-17)19(21)14-16-6-2-1-3-7-16/h1-13,19,21,24H,14-15H2/t19-,21+/m0/s1. The fourth-order valence-corrected chi connectivity index (χ4v) is 5.42. The van der Waals surface area contributed by atoms with E-state index in [0.29, 0.717) is 12.0 Å². The van der Waals surface area contributed by atoms with E-state index in [-0.39, 0.29) is 11.4 Å². The summed E-state index contributed by atoms with van der Waals surface area (Å²) in [6, 6.07) is 19.4. The van der Waals surface area contributed by atoms with Gasteiger partial charge in [0.25, 0.3) is 0 Å². The third-order valence-corrected chi connectivity index (χ3v) is 6.88. The molecule has 0 amide bonds. The third-order valence-electron chi connectivity index (χ3n) is 4.93. The van der Waals surface area contributed by atoms with Gasteiger partial charge in [0, 0.05) is 24.5 Å². The van der Waals surface area contributed by atoms with Crippen LogP contribution in [0.4, 0.5) is 0 Å². The molecular formula is C21H20N2O3S. The van der Waals surface area contributed by atoms with Gasteiger partial charge in [-0.1, -0.05) is 48.5 Å². The van der Waals surface area contributed by atoms with E-state index in [4.69, 9.17) is 0 Å². The molecule has 1 aliphatic rings. The van der Waals surface area contributed by atoms with Crippen molar-refractivity contribution in [2.75, 3.05) is 0 Å². The van der Waals surface area contributed by atoms with Gasteiger partial charge in [-0.2, -0.15) is 4.31 Å². The Morgan fingerprint density at radius 2 is 1.56 bits per heavy atom. The fourth-order valence-electron chi connectivity index (χ4n) is 3.57. The number of fused-ring (bicyclic) bond motifs is 1. The first-order chi connectivity index (χ1) is 13.1. The van der Waals surface area contributed by atoms with Crippen LogP contribution in [0.3, 0.4) is 0 Å². The summed E-state index contributed by atoms with van der Waals surface area (Å²) in [5.74, 6) is 0. The van der Waals surface area contributed by atoms with Crippen LogP contribution in [0.2, 0.25) is 0 Å². The van der Waals surface area contributed by atoms with Crippen LogP contribution in [-0.4, -0.2) is 28.9 Å². The Bertz CT molecular complexity index is 1020. The van der Waals surface area contributed by atoms with E-state index in [0.717, 1.165) is 11.1 Å². The topological polar surface area (TPSA) is 70.5 Å². The minimum absolute atomic E-state index is 0.177. The summed E-state index contributed by atoms with van der Waals surface area (Å²) in [7, 11) is -3.73. The molecule has 5 nitrogen and oxygen atoms in total.